The van der Waals surface area contributed by atoms with Gasteiger partial charge in [0.05, 0.1) is 57.4 Å². The normalized spacial score (nSPS) is 38.5. The number of carbonyl (C=O) groups excluding carboxylic acids is 7. The van der Waals surface area contributed by atoms with Crippen molar-refractivity contribution in [3.63, 3.8) is 0 Å². The topological polar surface area (TPSA) is 250 Å². The van der Waals surface area contributed by atoms with Gasteiger partial charge in [0.2, 0.25) is 15.9 Å². The number of sulfonamides is 1. The highest BCUT2D eigenvalue weighted by Gasteiger charge is 2.64. The van der Waals surface area contributed by atoms with Crippen LogP contribution in [0.15, 0.2) is 0 Å². The summed E-state index contributed by atoms with van der Waals surface area (Å²) < 4.78 is 66.4. The summed E-state index contributed by atoms with van der Waals surface area (Å²) in [4.78, 5) is 88.1. The number of aliphatic hydroxyl groups is 1. The van der Waals surface area contributed by atoms with Crippen molar-refractivity contribution in [3.8, 4) is 0 Å². The SMILES string of the molecule is CCC(C)(C)C(=O)OC12CC3CC(C(=O)NS(C)(=O)=O)(CC(C1)C(=O)CO3)C2.CCC(C)(C)C(=O)OC12CC3CC(O)(CC(C1)C(=O)CO3)C2.CCC(C)(C)C(=O)OC12CC3CC(OC)(CC(C1)C(=O)CO3)C2. The summed E-state index contributed by atoms with van der Waals surface area (Å²) in [5.74, 6) is -2.33. The fraction of sp³-hybridized carbons (Fsp3) is 0.870. The van der Waals surface area contributed by atoms with Crippen molar-refractivity contribution in [3.05, 3.63) is 0 Å². The summed E-state index contributed by atoms with van der Waals surface area (Å²) >= 11 is 0. The maximum Gasteiger partial charge on any atom is 0.312 e. The van der Waals surface area contributed by atoms with E-state index in [1.807, 2.05) is 48.5 Å². The van der Waals surface area contributed by atoms with Gasteiger partial charge in [0.15, 0.2) is 17.3 Å². The Morgan fingerprint density at radius 2 is 0.904 bits per heavy atom. The molecule has 412 valence electrons. The van der Waals surface area contributed by atoms with Crippen LogP contribution in [0.1, 0.15) is 178 Å². The number of nitrogens with one attached hydrogen (secondary N) is 1. The first-order valence-electron chi connectivity index (χ1n) is 26.6. The Bertz CT molecular complexity index is 2310. The minimum absolute atomic E-state index is 0.0242. The van der Waals surface area contributed by atoms with Crippen molar-refractivity contribution in [1.29, 1.82) is 0 Å². The highest BCUT2D eigenvalue weighted by atomic mass is 32.2. The van der Waals surface area contributed by atoms with Gasteiger partial charge in [-0.25, -0.2) is 8.42 Å². The summed E-state index contributed by atoms with van der Waals surface area (Å²) in [6, 6.07) is 0. The second kappa shape index (κ2) is 20.2. The molecule has 0 spiro atoms. The lowest BCUT2D eigenvalue weighted by Crippen LogP contribution is -2.62. The molecule has 12 bridgehead atoms. The van der Waals surface area contributed by atoms with Gasteiger partial charge >= 0.3 is 17.9 Å². The van der Waals surface area contributed by atoms with Gasteiger partial charge in [-0.1, -0.05) is 20.8 Å². The number of rotatable bonds is 12. The first-order chi connectivity index (χ1) is 33.7. The zero-order valence-electron chi connectivity index (χ0n) is 45.2. The maximum atomic E-state index is 13.0. The van der Waals surface area contributed by atoms with Crippen LogP contribution in [-0.2, 0) is 76.7 Å². The van der Waals surface area contributed by atoms with Crippen molar-refractivity contribution < 1.29 is 80.2 Å². The Labute approximate surface area is 431 Å². The summed E-state index contributed by atoms with van der Waals surface area (Å²) in [6.45, 7) is 17.3. The maximum absolute atomic E-state index is 13.0. The predicted molar refractivity (Wildman–Crippen MR) is 263 cm³/mol. The molecule has 19 heteroatoms. The molecular formula is C54H83NO17S. The number of carbonyl (C=O) groups is 7. The molecule has 0 aromatic rings. The molecule has 73 heavy (non-hydrogen) atoms. The summed E-state index contributed by atoms with van der Waals surface area (Å²) in [6.07, 6.45) is 9.74. The Hall–Kier alpha value is -3.36. The molecule has 12 aliphatic rings. The number of Topliss-reactive ketones (excluding diaryl/α,β-unsaturated/α-hetero) is 3. The molecule has 6 heterocycles. The molecule has 6 saturated carbocycles. The molecule has 12 unspecified atom stereocenters. The molecule has 12 atom stereocenters. The van der Waals surface area contributed by atoms with Crippen LogP contribution in [-0.4, -0.2) is 134 Å². The predicted octanol–water partition coefficient (Wildman–Crippen LogP) is 5.98. The highest BCUT2D eigenvalue weighted by Crippen LogP contribution is 2.58. The van der Waals surface area contributed by atoms with E-state index in [0.717, 1.165) is 25.5 Å². The van der Waals surface area contributed by atoms with E-state index in [2.05, 4.69) is 4.72 Å². The second-order valence-electron chi connectivity index (χ2n) is 25.8. The molecule has 6 saturated heterocycles. The number of methoxy groups -OCH3 is 1. The van der Waals surface area contributed by atoms with Crippen molar-refractivity contribution >= 4 is 51.2 Å². The number of ketones is 3. The van der Waals surface area contributed by atoms with Gasteiger partial charge in [0, 0.05) is 76.2 Å². The van der Waals surface area contributed by atoms with Gasteiger partial charge in [0.1, 0.15) is 36.6 Å². The van der Waals surface area contributed by atoms with Gasteiger partial charge in [-0.3, -0.25) is 38.3 Å². The van der Waals surface area contributed by atoms with Crippen LogP contribution < -0.4 is 4.72 Å². The summed E-state index contributed by atoms with van der Waals surface area (Å²) in [5.41, 5.74) is -6.59. The van der Waals surface area contributed by atoms with Crippen LogP contribution >= 0.6 is 0 Å². The Kier molecular flexibility index (Phi) is 15.9. The zero-order valence-corrected chi connectivity index (χ0v) is 46.0. The number of ether oxygens (including phenoxy) is 7. The second-order valence-corrected chi connectivity index (χ2v) is 27.5. The third-order valence-electron chi connectivity index (χ3n) is 18.5. The van der Waals surface area contributed by atoms with E-state index >= 15 is 0 Å². The molecule has 1 amide bonds. The highest BCUT2D eigenvalue weighted by molar-refractivity contribution is 7.89. The Morgan fingerprint density at radius 3 is 1.33 bits per heavy atom. The van der Waals surface area contributed by atoms with Crippen LogP contribution in [0.4, 0.5) is 0 Å². The molecule has 2 N–H and O–H groups in total. The minimum atomic E-state index is -3.75. The van der Waals surface area contributed by atoms with E-state index in [1.54, 1.807) is 21.0 Å². The van der Waals surface area contributed by atoms with Crippen LogP contribution in [0.3, 0.4) is 0 Å². The van der Waals surface area contributed by atoms with E-state index in [-0.39, 0.29) is 92.0 Å². The smallest absolute Gasteiger partial charge is 0.312 e. The van der Waals surface area contributed by atoms with Crippen LogP contribution in [0.2, 0.25) is 0 Å². The van der Waals surface area contributed by atoms with Gasteiger partial charge < -0.3 is 38.3 Å². The van der Waals surface area contributed by atoms with E-state index in [4.69, 9.17) is 33.2 Å². The largest absolute Gasteiger partial charge is 0.458 e. The van der Waals surface area contributed by atoms with Crippen molar-refractivity contribution in [2.45, 2.75) is 224 Å². The lowest BCUT2D eigenvalue weighted by molar-refractivity contribution is -0.232. The molecular weight excluding hydrogens is 967 g/mol. The third-order valence-corrected chi connectivity index (χ3v) is 19.1. The van der Waals surface area contributed by atoms with Crippen LogP contribution in [0, 0.1) is 39.4 Å². The number of hydrogen-bond acceptors (Lipinski definition) is 17. The standard InChI is InChI=1S/C19H29NO7S.C18H28O5.C17H26O5/c1-5-17(2,3)16(23)27-19-7-12-6-18(11-19,15(22)20-28(4,24)25)8-13(9-19)26-10-14(12)21;1-5-16(2,3)15(20)23-18-7-12-6-17(11-18,21-4)8-13(9-18)22-10-14(12)19;1-4-15(2,3)14(19)22-17-6-11-5-16(20,10-17)7-12(8-17)21-9-13(11)18/h12-13H,5-11H2,1-4H3,(H,20,22);12-13H,5-11H2,1-4H3;11-12,20H,4-10H2,1-3H3. The number of amides is 1. The molecule has 12 rings (SSSR count). The quantitative estimate of drug-likeness (QED) is 0.169. The van der Waals surface area contributed by atoms with E-state index in [9.17, 15) is 47.1 Å². The van der Waals surface area contributed by atoms with Crippen LogP contribution in [0.5, 0.6) is 0 Å². The first kappa shape index (κ1) is 57.3. The van der Waals surface area contributed by atoms with Gasteiger partial charge in [-0.2, -0.15) is 0 Å². The van der Waals surface area contributed by atoms with E-state index in [0.29, 0.717) is 83.5 Å². The van der Waals surface area contributed by atoms with Gasteiger partial charge in [-0.05, 0) is 106 Å². The average molecular weight is 1050 g/mol. The lowest BCUT2D eigenvalue weighted by Gasteiger charge is -2.56. The molecule has 0 aromatic heterocycles. The third kappa shape index (κ3) is 12.3. The number of esters is 3. The first-order valence-corrected chi connectivity index (χ1v) is 28.5. The van der Waals surface area contributed by atoms with Crippen LogP contribution in [0.25, 0.3) is 0 Å². The fourth-order valence-electron chi connectivity index (χ4n) is 13.4. The number of fused-ring (bicyclic) bond motifs is 6. The summed E-state index contributed by atoms with van der Waals surface area (Å²) in [7, 11) is -2.06. The fourth-order valence-corrected chi connectivity index (χ4v) is 14.0. The molecule has 6 aliphatic heterocycles. The van der Waals surface area contributed by atoms with E-state index < -0.39 is 77.6 Å². The molecule has 12 fully saturated rings. The van der Waals surface area contributed by atoms with E-state index in [1.165, 1.54) is 0 Å². The molecule has 0 radical (unpaired) electrons. The average Bonchev–Trinajstić information content (AvgIpc) is 3.29. The van der Waals surface area contributed by atoms with Crippen molar-refractivity contribution in [2.24, 2.45) is 39.4 Å². The monoisotopic (exact) mass is 1050 g/mol. The molecule has 6 aliphatic carbocycles. The van der Waals surface area contributed by atoms with Gasteiger partial charge in [0.25, 0.3) is 0 Å². The van der Waals surface area contributed by atoms with Crippen molar-refractivity contribution in [2.75, 3.05) is 33.2 Å². The summed E-state index contributed by atoms with van der Waals surface area (Å²) in [5, 5.41) is 10.8. The minimum Gasteiger partial charge on any atom is -0.458 e. The zero-order chi connectivity index (χ0) is 54.0. The molecule has 0 aromatic carbocycles. The lowest BCUT2D eigenvalue weighted by atomic mass is 9.54. The van der Waals surface area contributed by atoms with Gasteiger partial charge in [-0.15, -0.1) is 0 Å². The number of hydrogen-bond donors (Lipinski definition) is 2. The molecule has 18 nitrogen and oxygen atoms in total. The Balaban J connectivity index is 0.000000162. The Morgan fingerprint density at radius 1 is 0.548 bits per heavy atom. The van der Waals surface area contributed by atoms with Crippen molar-refractivity contribution in [1.82, 2.24) is 4.72 Å².